The van der Waals surface area contributed by atoms with Gasteiger partial charge in [0.15, 0.2) is 5.65 Å². The van der Waals surface area contributed by atoms with Gasteiger partial charge >= 0.3 is 0 Å². The predicted molar refractivity (Wildman–Crippen MR) is 63.1 cm³/mol. The SMILES string of the molecule is Cc1cc(F)ccc1-c1ccc2nncn2c1. The van der Waals surface area contributed by atoms with Gasteiger partial charge in [0.05, 0.1) is 0 Å². The van der Waals surface area contributed by atoms with Crippen molar-refractivity contribution in [3.05, 3.63) is 54.2 Å². The molecule has 0 amide bonds. The average molecular weight is 227 g/mol. The third kappa shape index (κ3) is 1.67. The van der Waals surface area contributed by atoms with Gasteiger partial charge in [-0.15, -0.1) is 10.2 Å². The van der Waals surface area contributed by atoms with Crippen LogP contribution in [0.1, 0.15) is 5.56 Å². The minimum Gasteiger partial charge on any atom is -0.288 e. The second-order valence-corrected chi connectivity index (χ2v) is 3.97. The van der Waals surface area contributed by atoms with Crippen LogP contribution >= 0.6 is 0 Å². The number of aromatic nitrogens is 3. The molecule has 3 nitrogen and oxygen atoms in total. The molecule has 1 aromatic carbocycles. The van der Waals surface area contributed by atoms with Crippen LogP contribution in [0.2, 0.25) is 0 Å². The number of pyridine rings is 1. The molecule has 17 heavy (non-hydrogen) atoms. The van der Waals surface area contributed by atoms with Crippen molar-refractivity contribution in [1.82, 2.24) is 14.6 Å². The Balaban J connectivity index is 2.19. The molecule has 0 spiro atoms. The lowest BCUT2D eigenvalue weighted by atomic mass is 10.0. The summed E-state index contributed by atoms with van der Waals surface area (Å²) in [5.41, 5.74) is 3.75. The van der Waals surface area contributed by atoms with E-state index in [9.17, 15) is 4.39 Å². The van der Waals surface area contributed by atoms with Gasteiger partial charge in [-0.1, -0.05) is 6.07 Å². The molecule has 0 bridgehead atoms. The molecule has 0 unspecified atom stereocenters. The number of aryl methyl sites for hydroxylation is 1. The molecule has 4 heteroatoms. The number of halogens is 1. The molecule has 0 fully saturated rings. The average Bonchev–Trinajstić information content (AvgIpc) is 2.75. The van der Waals surface area contributed by atoms with E-state index in [0.717, 1.165) is 22.3 Å². The molecule has 0 aliphatic heterocycles. The summed E-state index contributed by atoms with van der Waals surface area (Å²) in [5, 5.41) is 7.77. The lowest BCUT2D eigenvalue weighted by Gasteiger charge is -2.06. The van der Waals surface area contributed by atoms with E-state index in [1.165, 1.54) is 12.1 Å². The summed E-state index contributed by atoms with van der Waals surface area (Å²) in [4.78, 5) is 0. The molecular weight excluding hydrogens is 217 g/mol. The number of hydrogen-bond donors (Lipinski definition) is 0. The first-order valence-corrected chi connectivity index (χ1v) is 5.30. The summed E-state index contributed by atoms with van der Waals surface area (Å²) < 4.78 is 14.9. The first-order chi connectivity index (χ1) is 8.24. The molecular formula is C13H10FN3. The van der Waals surface area contributed by atoms with Crippen molar-refractivity contribution in [2.45, 2.75) is 6.92 Å². The van der Waals surface area contributed by atoms with E-state index in [1.54, 1.807) is 12.4 Å². The Hall–Kier alpha value is -2.23. The van der Waals surface area contributed by atoms with Gasteiger partial charge in [0.1, 0.15) is 12.1 Å². The fourth-order valence-electron chi connectivity index (χ4n) is 1.94. The Labute approximate surface area is 97.5 Å². The quantitative estimate of drug-likeness (QED) is 0.640. The largest absolute Gasteiger partial charge is 0.288 e. The van der Waals surface area contributed by atoms with Crippen molar-refractivity contribution in [2.75, 3.05) is 0 Å². The van der Waals surface area contributed by atoms with Crippen LogP contribution < -0.4 is 0 Å². The normalized spacial score (nSPS) is 10.9. The molecule has 3 aromatic rings. The highest BCUT2D eigenvalue weighted by Crippen LogP contribution is 2.24. The second-order valence-electron chi connectivity index (χ2n) is 3.97. The van der Waals surface area contributed by atoms with Gasteiger partial charge in [0, 0.05) is 6.20 Å². The van der Waals surface area contributed by atoms with Gasteiger partial charge in [0.25, 0.3) is 0 Å². The molecule has 0 aliphatic rings. The van der Waals surface area contributed by atoms with Crippen molar-refractivity contribution in [2.24, 2.45) is 0 Å². The van der Waals surface area contributed by atoms with Crippen LogP contribution in [0.5, 0.6) is 0 Å². The first-order valence-electron chi connectivity index (χ1n) is 5.30. The summed E-state index contributed by atoms with van der Waals surface area (Å²) in [6.07, 6.45) is 3.59. The summed E-state index contributed by atoms with van der Waals surface area (Å²) in [7, 11) is 0. The maximum atomic E-state index is 13.0. The molecule has 0 radical (unpaired) electrons. The van der Waals surface area contributed by atoms with Crippen molar-refractivity contribution in [3.63, 3.8) is 0 Å². The summed E-state index contributed by atoms with van der Waals surface area (Å²) in [6, 6.07) is 8.65. The van der Waals surface area contributed by atoms with Gasteiger partial charge in [-0.2, -0.15) is 0 Å². The lowest BCUT2D eigenvalue weighted by molar-refractivity contribution is 0.627. The Morgan fingerprint density at radius 3 is 2.88 bits per heavy atom. The fraction of sp³-hybridized carbons (Fsp3) is 0.0769. The van der Waals surface area contributed by atoms with Crippen LogP contribution in [0, 0.1) is 12.7 Å². The lowest BCUT2D eigenvalue weighted by Crippen LogP contribution is -1.89. The molecule has 2 heterocycles. The third-order valence-electron chi connectivity index (χ3n) is 2.79. The zero-order chi connectivity index (χ0) is 11.8. The molecule has 0 N–H and O–H groups in total. The van der Waals surface area contributed by atoms with Crippen molar-refractivity contribution in [1.29, 1.82) is 0 Å². The number of rotatable bonds is 1. The highest BCUT2D eigenvalue weighted by atomic mass is 19.1. The summed E-state index contributed by atoms with van der Waals surface area (Å²) in [6.45, 7) is 1.90. The van der Waals surface area contributed by atoms with Crippen LogP contribution in [-0.2, 0) is 0 Å². The zero-order valence-electron chi connectivity index (χ0n) is 9.26. The van der Waals surface area contributed by atoms with Crippen LogP contribution in [0.15, 0.2) is 42.9 Å². The second kappa shape index (κ2) is 3.66. The van der Waals surface area contributed by atoms with Gasteiger partial charge in [-0.05, 0) is 47.9 Å². The Morgan fingerprint density at radius 1 is 1.18 bits per heavy atom. The number of fused-ring (bicyclic) bond motifs is 1. The summed E-state index contributed by atoms with van der Waals surface area (Å²) >= 11 is 0. The Kier molecular flexibility index (Phi) is 2.14. The van der Waals surface area contributed by atoms with Gasteiger partial charge < -0.3 is 0 Å². The minimum absolute atomic E-state index is 0.211. The van der Waals surface area contributed by atoms with E-state index in [0.29, 0.717) is 0 Å². The first kappa shape index (κ1) is 9.96. The molecule has 2 aromatic heterocycles. The minimum atomic E-state index is -0.211. The fourth-order valence-corrected chi connectivity index (χ4v) is 1.94. The third-order valence-corrected chi connectivity index (χ3v) is 2.79. The molecule has 84 valence electrons. The van der Waals surface area contributed by atoms with Gasteiger partial charge in [-0.3, -0.25) is 4.40 Å². The van der Waals surface area contributed by atoms with E-state index in [1.807, 2.05) is 29.7 Å². The monoisotopic (exact) mass is 227 g/mol. The maximum absolute atomic E-state index is 13.0. The van der Waals surface area contributed by atoms with E-state index < -0.39 is 0 Å². The molecule has 0 atom stereocenters. The van der Waals surface area contributed by atoms with Crippen molar-refractivity contribution < 1.29 is 4.39 Å². The highest BCUT2D eigenvalue weighted by Gasteiger charge is 2.04. The standard InChI is InChI=1S/C13H10FN3/c1-9-6-11(14)3-4-12(9)10-2-5-13-16-15-8-17(13)7-10/h2-8H,1H3. The van der Waals surface area contributed by atoms with Crippen LogP contribution in [0.25, 0.3) is 16.8 Å². The van der Waals surface area contributed by atoms with Gasteiger partial charge in [0.2, 0.25) is 0 Å². The van der Waals surface area contributed by atoms with E-state index in [-0.39, 0.29) is 5.82 Å². The summed E-state index contributed by atoms with van der Waals surface area (Å²) in [5.74, 6) is -0.211. The molecule has 0 saturated carbocycles. The molecule has 3 rings (SSSR count). The Morgan fingerprint density at radius 2 is 2.06 bits per heavy atom. The predicted octanol–water partition coefficient (Wildman–Crippen LogP) is 2.84. The van der Waals surface area contributed by atoms with Crippen molar-refractivity contribution >= 4 is 5.65 Å². The molecule has 0 saturated heterocycles. The number of benzene rings is 1. The van der Waals surface area contributed by atoms with Crippen LogP contribution in [0.4, 0.5) is 4.39 Å². The maximum Gasteiger partial charge on any atom is 0.160 e. The van der Waals surface area contributed by atoms with Crippen LogP contribution in [-0.4, -0.2) is 14.6 Å². The number of hydrogen-bond acceptors (Lipinski definition) is 2. The molecule has 0 aliphatic carbocycles. The number of nitrogens with zero attached hydrogens (tertiary/aromatic N) is 3. The Bertz CT molecular complexity index is 688. The van der Waals surface area contributed by atoms with E-state index in [2.05, 4.69) is 10.2 Å². The smallest absolute Gasteiger partial charge is 0.160 e. The van der Waals surface area contributed by atoms with Crippen LogP contribution in [0.3, 0.4) is 0 Å². The zero-order valence-corrected chi connectivity index (χ0v) is 9.26. The van der Waals surface area contributed by atoms with Gasteiger partial charge in [-0.25, -0.2) is 4.39 Å². The van der Waals surface area contributed by atoms with Crippen molar-refractivity contribution in [3.8, 4) is 11.1 Å². The highest BCUT2D eigenvalue weighted by molar-refractivity contribution is 5.67. The van der Waals surface area contributed by atoms with E-state index >= 15 is 0 Å². The van der Waals surface area contributed by atoms with E-state index in [4.69, 9.17) is 0 Å². The topological polar surface area (TPSA) is 30.2 Å².